The van der Waals surface area contributed by atoms with Crippen molar-refractivity contribution in [1.29, 1.82) is 0 Å². The van der Waals surface area contributed by atoms with Gasteiger partial charge in [-0.3, -0.25) is 4.79 Å². The molecule has 0 heterocycles. The van der Waals surface area contributed by atoms with E-state index < -0.39 is 21.5 Å². The zero-order valence-corrected chi connectivity index (χ0v) is 13.2. The molecule has 0 fully saturated rings. The molecular weight excluding hydrogens is 294 g/mol. The smallest absolute Gasteiger partial charge is 0.244 e. The van der Waals surface area contributed by atoms with E-state index in [0.29, 0.717) is 12.2 Å². The van der Waals surface area contributed by atoms with Gasteiger partial charge in [0, 0.05) is 0 Å². The fraction of sp³-hybridized carbons (Fsp3) is 0.462. The van der Waals surface area contributed by atoms with Gasteiger partial charge in [0.1, 0.15) is 5.75 Å². The summed E-state index contributed by atoms with van der Waals surface area (Å²) in [5.74, 6) is -0.0998. The molecular formula is C13H21N3O4S. The summed E-state index contributed by atoms with van der Waals surface area (Å²) >= 11 is 0. The van der Waals surface area contributed by atoms with Crippen molar-refractivity contribution >= 4 is 21.6 Å². The summed E-state index contributed by atoms with van der Waals surface area (Å²) in [6.45, 7) is 3.53. The second-order valence-corrected chi connectivity index (χ2v) is 6.59. The van der Waals surface area contributed by atoms with Gasteiger partial charge in [0.05, 0.1) is 23.2 Å². The topological polar surface area (TPSA) is 125 Å². The SMILES string of the molecule is CCCC(C)(N)C(=O)Nc1cc(S(N)(=O)=O)ccc1OC. The average molecular weight is 315 g/mol. The third-order valence-corrected chi connectivity index (χ3v) is 3.95. The number of carbonyl (C=O) groups excluding carboxylic acids is 1. The van der Waals surface area contributed by atoms with E-state index in [1.807, 2.05) is 6.92 Å². The molecule has 7 nitrogen and oxygen atoms in total. The average Bonchev–Trinajstić information content (AvgIpc) is 2.37. The fourth-order valence-electron chi connectivity index (χ4n) is 1.86. The second kappa shape index (κ2) is 6.42. The monoisotopic (exact) mass is 315 g/mol. The highest BCUT2D eigenvalue weighted by atomic mass is 32.2. The van der Waals surface area contributed by atoms with Gasteiger partial charge in [0.2, 0.25) is 15.9 Å². The Bertz CT molecular complexity index is 626. The fourth-order valence-corrected chi connectivity index (χ4v) is 2.40. The van der Waals surface area contributed by atoms with E-state index in [-0.39, 0.29) is 10.6 Å². The Labute approximate surface area is 124 Å². The molecule has 0 aliphatic heterocycles. The third-order valence-electron chi connectivity index (χ3n) is 3.04. The highest BCUT2D eigenvalue weighted by Gasteiger charge is 2.28. The van der Waals surface area contributed by atoms with Crippen LogP contribution >= 0.6 is 0 Å². The lowest BCUT2D eigenvalue weighted by Crippen LogP contribution is -2.48. The van der Waals surface area contributed by atoms with Crippen LogP contribution in [-0.4, -0.2) is 27.0 Å². The standard InChI is InChI=1S/C13H21N3O4S/c1-4-7-13(2,14)12(17)16-10-8-9(21(15,18)19)5-6-11(10)20-3/h5-6,8H,4,7,14H2,1-3H3,(H,16,17)(H2,15,18,19). The van der Waals surface area contributed by atoms with Crippen LogP contribution in [0.25, 0.3) is 0 Å². The molecule has 1 rings (SSSR count). The number of amides is 1. The van der Waals surface area contributed by atoms with Crippen LogP contribution in [0.1, 0.15) is 26.7 Å². The zero-order chi connectivity index (χ0) is 16.3. The summed E-state index contributed by atoms with van der Waals surface area (Å²) in [7, 11) is -2.46. The maximum Gasteiger partial charge on any atom is 0.244 e. The van der Waals surface area contributed by atoms with Crippen LogP contribution < -0.4 is 20.9 Å². The van der Waals surface area contributed by atoms with E-state index in [2.05, 4.69) is 5.32 Å². The number of nitrogens with one attached hydrogen (secondary N) is 1. The van der Waals surface area contributed by atoms with Gasteiger partial charge < -0.3 is 15.8 Å². The molecule has 0 aromatic heterocycles. The van der Waals surface area contributed by atoms with Crippen molar-refractivity contribution in [2.75, 3.05) is 12.4 Å². The Morgan fingerprint density at radius 3 is 2.52 bits per heavy atom. The lowest BCUT2D eigenvalue weighted by atomic mass is 9.96. The summed E-state index contributed by atoms with van der Waals surface area (Å²) in [5, 5.41) is 7.67. The molecule has 1 unspecified atom stereocenters. The Balaban J connectivity index is 3.14. The molecule has 0 bridgehead atoms. The Hall–Kier alpha value is -1.64. The quantitative estimate of drug-likeness (QED) is 0.716. The highest BCUT2D eigenvalue weighted by Crippen LogP contribution is 2.28. The number of nitrogens with two attached hydrogens (primary N) is 2. The summed E-state index contributed by atoms with van der Waals surface area (Å²) in [6.07, 6.45) is 1.24. The van der Waals surface area contributed by atoms with Gasteiger partial charge in [-0.1, -0.05) is 13.3 Å². The minimum atomic E-state index is -3.87. The predicted molar refractivity (Wildman–Crippen MR) is 80.5 cm³/mol. The summed E-state index contributed by atoms with van der Waals surface area (Å²) in [5.41, 5.74) is 5.09. The van der Waals surface area contributed by atoms with Crippen molar-refractivity contribution in [2.24, 2.45) is 10.9 Å². The van der Waals surface area contributed by atoms with Crippen molar-refractivity contribution in [3.05, 3.63) is 18.2 Å². The molecule has 0 aliphatic rings. The molecule has 21 heavy (non-hydrogen) atoms. The number of sulfonamides is 1. The van der Waals surface area contributed by atoms with Gasteiger partial charge >= 0.3 is 0 Å². The van der Waals surface area contributed by atoms with Crippen LogP contribution in [-0.2, 0) is 14.8 Å². The van der Waals surface area contributed by atoms with Crippen LogP contribution in [0.3, 0.4) is 0 Å². The number of anilines is 1. The van der Waals surface area contributed by atoms with E-state index in [1.54, 1.807) is 6.92 Å². The molecule has 0 saturated heterocycles. The first kappa shape index (κ1) is 17.4. The molecule has 1 amide bonds. The highest BCUT2D eigenvalue weighted by molar-refractivity contribution is 7.89. The van der Waals surface area contributed by atoms with Gasteiger partial charge in [-0.05, 0) is 31.5 Å². The van der Waals surface area contributed by atoms with Gasteiger partial charge in [-0.15, -0.1) is 0 Å². The molecule has 0 spiro atoms. The largest absolute Gasteiger partial charge is 0.495 e. The van der Waals surface area contributed by atoms with Crippen LogP contribution in [0.15, 0.2) is 23.1 Å². The number of hydrogen-bond donors (Lipinski definition) is 3. The van der Waals surface area contributed by atoms with Crippen molar-refractivity contribution in [1.82, 2.24) is 0 Å². The predicted octanol–water partition coefficient (Wildman–Crippen LogP) is 0.799. The molecule has 0 radical (unpaired) electrons. The Morgan fingerprint density at radius 1 is 1.43 bits per heavy atom. The first-order valence-corrected chi connectivity index (χ1v) is 7.97. The lowest BCUT2D eigenvalue weighted by Gasteiger charge is -2.23. The van der Waals surface area contributed by atoms with E-state index in [9.17, 15) is 13.2 Å². The minimum Gasteiger partial charge on any atom is -0.495 e. The molecule has 118 valence electrons. The van der Waals surface area contributed by atoms with Crippen molar-refractivity contribution < 1.29 is 17.9 Å². The van der Waals surface area contributed by atoms with Crippen LogP contribution in [0, 0.1) is 0 Å². The molecule has 0 aliphatic carbocycles. The molecule has 1 aromatic carbocycles. The van der Waals surface area contributed by atoms with Crippen molar-refractivity contribution in [2.45, 2.75) is 37.1 Å². The minimum absolute atomic E-state index is 0.118. The number of ether oxygens (including phenoxy) is 1. The Morgan fingerprint density at radius 2 is 2.05 bits per heavy atom. The van der Waals surface area contributed by atoms with E-state index in [1.165, 1.54) is 25.3 Å². The number of benzene rings is 1. The summed E-state index contributed by atoms with van der Waals surface area (Å²) in [6, 6.07) is 3.97. The van der Waals surface area contributed by atoms with Crippen LogP contribution in [0.5, 0.6) is 5.75 Å². The maximum atomic E-state index is 12.2. The number of carbonyl (C=O) groups is 1. The normalized spacial score (nSPS) is 14.3. The van der Waals surface area contributed by atoms with Crippen molar-refractivity contribution in [3.8, 4) is 5.75 Å². The molecule has 0 saturated carbocycles. The first-order valence-electron chi connectivity index (χ1n) is 6.43. The number of rotatable bonds is 6. The first-order chi connectivity index (χ1) is 9.61. The van der Waals surface area contributed by atoms with Gasteiger partial charge in [-0.2, -0.15) is 0 Å². The molecule has 5 N–H and O–H groups in total. The van der Waals surface area contributed by atoms with E-state index >= 15 is 0 Å². The van der Waals surface area contributed by atoms with E-state index in [4.69, 9.17) is 15.6 Å². The van der Waals surface area contributed by atoms with Gasteiger partial charge in [-0.25, -0.2) is 13.6 Å². The van der Waals surface area contributed by atoms with E-state index in [0.717, 1.165) is 6.42 Å². The number of hydrogen-bond acceptors (Lipinski definition) is 5. The second-order valence-electron chi connectivity index (χ2n) is 5.03. The molecule has 1 atom stereocenters. The number of methoxy groups -OCH3 is 1. The third kappa shape index (κ3) is 4.42. The Kier molecular flexibility index (Phi) is 5.32. The van der Waals surface area contributed by atoms with Crippen LogP contribution in [0.2, 0.25) is 0 Å². The zero-order valence-electron chi connectivity index (χ0n) is 12.3. The van der Waals surface area contributed by atoms with Gasteiger partial charge in [0.25, 0.3) is 0 Å². The molecule has 1 aromatic rings. The van der Waals surface area contributed by atoms with Gasteiger partial charge in [0.15, 0.2) is 0 Å². The number of primary sulfonamides is 1. The molecule has 8 heteroatoms. The van der Waals surface area contributed by atoms with Crippen LogP contribution in [0.4, 0.5) is 5.69 Å². The summed E-state index contributed by atoms with van der Waals surface area (Å²) in [4.78, 5) is 12.1. The lowest BCUT2D eigenvalue weighted by molar-refractivity contribution is -0.120. The van der Waals surface area contributed by atoms with Crippen molar-refractivity contribution in [3.63, 3.8) is 0 Å². The maximum absolute atomic E-state index is 12.2. The summed E-state index contributed by atoms with van der Waals surface area (Å²) < 4.78 is 27.8.